The number of hydrogen-bond donors (Lipinski definition) is 3. The minimum Gasteiger partial charge on any atom is -0.497 e. The van der Waals surface area contributed by atoms with E-state index in [-0.39, 0.29) is 17.6 Å². The number of ether oxygens (including phenoxy) is 2. The summed E-state index contributed by atoms with van der Waals surface area (Å²) in [5.74, 6) is 7.67. The number of benzene rings is 2. The van der Waals surface area contributed by atoms with E-state index in [4.69, 9.17) is 15.3 Å². The molecule has 0 radical (unpaired) electrons. The normalized spacial score (nSPS) is 10.8. The summed E-state index contributed by atoms with van der Waals surface area (Å²) in [5, 5.41) is 15.2. The number of thioether (sulfide) groups is 1. The molecule has 0 bridgehead atoms. The van der Waals surface area contributed by atoms with Gasteiger partial charge in [0.2, 0.25) is 11.1 Å². The van der Waals surface area contributed by atoms with Gasteiger partial charge in [0, 0.05) is 5.69 Å². The molecular formula is C20H23N7O3S. The fourth-order valence-electron chi connectivity index (χ4n) is 2.43. The number of nitrogens with two attached hydrogens (primary N) is 1. The lowest BCUT2D eigenvalue weighted by molar-refractivity contribution is -0.113. The molecule has 1 amide bonds. The number of nitrogen functional groups attached to an aromatic ring is 1. The zero-order valence-corrected chi connectivity index (χ0v) is 17.9. The molecule has 0 spiro atoms. The van der Waals surface area contributed by atoms with Gasteiger partial charge in [-0.25, -0.2) is 10.1 Å². The number of nitrogens with zero attached hydrogens (tertiary/aromatic N) is 4. The van der Waals surface area contributed by atoms with Crippen LogP contribution in [0.25, 0.3) is 0 Å². The van der Waals surface area contributed by atoms with Crippen LogP contribution in [0.5, 0.6) is 11.5 Å². The van der Waals surface area contributed by atoms with Gasteiger partial charge in [0.1, 0.15) is 11.5 Å². The molecule has 0 saturated carbocycles. The number of nitrogens with one attached hydrogen (secondary N) is 2. The van der Waals surface area contributed by atoms with Crippen molar-refractivity contribution < 1.29 is 14.3 Å². The number of carbonyl (C=O) groups excluding carboxylic acids is 1. The van der Waals surface area contributed by atoms with Gasteiger partial charge in [0.25, 0.3) is 5.95 Å². The summed E-state index contributed by atoms with van der Waals surface area (Å²) in [7, 11) is 1.59. The van der Waals surface area contributed by atoms with Gasteiger partial charge in [-0.15, -0.1) is 10.2 Å². The van der Waals surface area contributed by atoms with Crippen molar-refractivity contribution in [1.82, 2.24) is 14.9 Å². The maximum atomic E-state index is 12.1. The standard InChI is InChI=1S/C20H23N7O3S/c1-3-30-17-8-4-14(5-9-17)12-22-24-19-25-26-20(27(19)21)31-13-18(28)23-15-6-10-16(29-2)11-7-15/h4-12H,3,13,21H2,1-2H3,(H,23,28)(H,24,25)/b22-12+. The van der Waals surface area contributed by atoms with Gasteiger partial charge < -0.3 is 20.6 Å². The lowest BCUT2D eigenvalue weighted by Gasteiger charge is -2.06. The summed E-state index contributed by atoms with van der Waals surface area (Å²) in [5.41, 5.74) is 4.29. The molecule has 0 atom stereocenters. The maximum absolute atomic E-state index is 12.1. The van der Waals surface area contributed by atoms with Crippen LogP contribution in [0.1, 0.15) is 12.5 Å². The van der Waals surface area contributed by atoms with Crippen LogP contribution in [0.4, 0.5) is 11.6 Å². The largest absolute Gasteiger partial charge is 0.497 e. The van der Waals surface area contributed by atoms with Crippen molar-refractivity contribution >= 4 is 35.5 Å². The molecule has 0 aliphatic rings. The van der Waals surface area contributed by atoms with Gasteiger partial charge in [-0.3, -0.25) is 4.79 Å². The van der Waals surface area contributed by atoms with E-state index in [1.54, 1.807) is 37.6 Å². The lowest BCUT2D eigenvalue weighted by atomic mass is 10.2. The molecule has 3 rings (SSSR count). The molecule has 3 aromatic rings. The average molecular weight is 442 g/mol. The van der Waals surface area contributed by atoms with Gasteiger partial charge in [-0.2, -0.15) is 5.10 Å². The van der Waals surface area contributed by atoms with Crippen molar-refractivity contribution in [3.05, 3.63) is 54.1 Å². The predicted octanol–water partition coefficient (Wildman–Crippen LogP) is 2.58. The second kappa shape index (κ2) is 10.9. The van der Waals surface area contributed by atoms with E-state index in [0.29, 0.717) is 23.2 Å². The van der Waals surface area contributed by atoms with Crippen LogP contribution in [0.2, 0.25) is 0 Å². The Morgan fingerprint density at radius 2 is 1.87 bits per heavy atom. The molecule has 4 N–H and O–H groups in total. The van der Waals surface area contributed by atoms with E-state index in [9.17, 15) is 4.79 Å². The molecule has 162 valence electrons. The molecule has 0 unspecified atom stereocenters. The summed E-state index contributed by atoms with van der Waals surface area (Å²) in [6.45, 7) is 2.55. The molecule has 31 heavy (non-hydrogen) atoms. The van der Waals surface area contributed by atoms with Crippen LogP contribution < -0.4 is 26.1 Å². The molecular weight excluding hydrogens is 418 g/mol. The highest BCUT2D eigenvalue weighted by molar-refractivity contribution is 7.99. The highest BCUT2D eigenvalue weighted by atomic mass is 32.2. The minimum atomic E-state index is -0.193. The van der Waals surface area contributed by atoms with Crippen molar-refractivity contribution in [2.45, 2.75) is 12.1 Å². The van der Waals surface area contributed by atoms with Crippen molar-refractivity contribution in [3.8, 4) is 11.5 Å². The number of rotatable bonds is 10. The third-order valence-corrected chi connectivity index (χ3v) is 4.88. The number of hydrogen-bond acceptors (Lipinski definition) is 9. The molecule has 0 saturated heterocycles. The van der Waals surface area contributed by atoms with Crippen LogP contribution in [-0.4, -0.2) is 46.5 Å². The maximum Gasteiger partial charge on any atom is 0.264 e. The molecule has 0 fully saturated rings. The SMILES string of the molecule is CCOc1ccc(/C=N/Nc2nnc(SCC(=O)Nc3ccc(OC)cc3)n2N)cc1. The number of methoxy groups -OCH3 is 1. The zero-order valence-electron chi connectivity index (χ0n) is 17.1. The van der Waals surface area contributed by atoms with Crippen LogP contribution in [0, 0.1) is 0 Å². The number of aromatic nitrogens is 3. The van der Waals surface area contributed by atoms with Gasteiger partial charge in [-0.1, -0.05) is 11.8 Å². The van der Waals surface area contributed by atoms with E-state index < -0.39 is 0 Å². The lowest BCUT2D eigenvalue weighted by Crippen LogP contribution is -2.16. The molecule has 11 heteroatoms. The van der Waals surface area contributed by atoms with Crippen LogP contribution >= 0.6 is 11.8 Å². The van der Waals surface area contributed by atoms with E-state index in [1.165, 1.54) is 4.68 Å². The molecule has 1 heterocycles. The Balaban J connectivity index is 1.49. The van der Waals surface area contributed by atoms with Crippen molar-refractivity contribution in [1.29, 1.82) is 0 Å². The van der Waals surface area contributed by atoms with Gasteiger partial charge >= 0.3 is 0 Å². The Morgan fingerprint density at radius 1 is 1.16 bits per heavy atom. The molecule has 1 aromatic heterocycles. The first-order valence-electron chi connectivity index (χ1n) is 9.38. The number of hydrazone groups is 1. The molecule has 10 nitrogen and oxygen atoms in total. The Hall–Kier alpha value is -3.73. The number of amides is 1. The smallest absolute Gasteiger partial charge is 0.264 e. The summed E-state index contributed by atoms with van der Waals surface area (Å²) < 4.78 is 11.7. The molecule has 2 aromatic carbocycles. The van der Waals surface area contributed by atoms with Crippen LogP contribution in [0.15, 0.2) is 58.8 Å². The fraction of sp³-hybridized carbons (Fsp3) is 0.200. The van der Waals surface area contributed by atoms with Crippen molar-refractivity contribution in [2.24, 2.45) is 5.10 Å². The first-order chi connectivity index (χ1) is 15.1. The second-order valence-electron chi connectivity index (χ2n) is 6.11. The number of anilines is 2. The Bertz CT molecular complexity index is 1020. The third kappa shape index (κ3) is 6.37. The zero-order chi connectivity index (χ0) is 22.1. The van der Waals surface area contributed by atoms with Gasteiger partial charge in [0.05, 0.1) is 25.7 Å². The van der Waals surface area contributed by atoms with E-state index in [0.717, 1.165) is 23.1 Å². The highest BCUT2D eigenvalue weighted by Crippen LogP contribution is 2.19. The van der Waals surface area contributed by atoms with E-state index >= 15 is 0 Å². The van der Waals surface area contributed by atoms with Crippen molar-refractivity contribution in [3.63, 3.8) is 0 Å². The Labute approximate surface area is 183 Å². The van der Waals surface area contributed by atoms with E-state index in [2.05, 4.69) is 26.0 Å². The second-order valence-corrected chi connectivity index (χ2v) is 7.06. The third-order valence-electron chi connectivity index (χ3n) is 3.94. The van der Waals surface area contributed by atoms with E-state index in [1.807, 2.05) is 31.2 Å². The van der Waals surface area contributed by atoms with Gasteiger partial charge in [-0.05, 0) is 61.0 Å². The van der Waals surface area contributed by atoms with Crippen LogP contribution in [-0.2, 0) is 4.79 Å². The first-order valence-corrected chi connectivity index (χ1v) is 10.4. The molecule has 0 aliphatic heterocycles. The fourth-order valence-corrected chi connectivity index (χ4v) is 3.09. The number of carbonyl (C=O) groups is 1. The minimum absolute atomic E-state index is 0.122. The summed E-state index contributed by atoms with van der Waals surface area (Å²) in [6, 6.07) is 14.5. The molecule has 0 aliphatic carbocycles. The highest BCUT2D eigenvalue weighted by Gasteiger charge is 2.12. The summed E-state index contributed by atoms with van der Waals surface area (Å²) >= 11 is 1.16. The Kier molecular flexibility index (Phi) is 7.71. The topological polar surface area (TPSA) is 129 Å². The average Bonchev–Trinajstić information content (AvgIpc) is 3.13. The quantitative estimate of drug-likeness (QED) is 0.189. The summed E-state index contributed by atoms with van der Waals surface area (Å²) in [4.78, 5) is 12.1. The van der Waals surface area contributed by atoms with Gasteiger partial charge in [0.15, 0.2) is 0 Å². The first kappa shape index (κ1) is 22.0. The summed E-state index contributed by atoms with van der Waals surface area (Å²) in [6.07, 6.45) is 1.62. The van der Waals surface area contributed by atoms with Crippen molar-refractivity contribution in [2.75, 3.05) is 36.1 Å². The predicted molar refractivity (Wildman–Crippen MR) is 121 cm³/mol. The Morgan fingerprint density at radius 3 is 2.55 bits per heavy atom. The monoisotopic (exact) mass is 441 g/mol. The van der Waals surface area contributed by atoms with Crippen LogP contribution in [0.3, 0.4) is 0 Å².